The number of Topliss-reactive ketones (excluding diaryl/α,β-unsaturated/α-hetero) is 1. The molecule has 0 fully saturated rings. The van der Waals surface area contributed by atoms with Gasteiger partial charge in [0.2, 0.25) is 0 Å². The smallest absolute Gasteiger partial charge is 0.316 e. The lowest BCUT2D eigenvalue weighted by molar-refractivity contribution is -0.157. The number of ether oxygens (including phenoxy) is 2. The lowest BCUT2D eigenvalue weighted by Crippen LogP contribution is -2.44. The van der Waals surface area contributed by atoms with E-state index >= 15 is 0 Å². The summed E-state index contributed by atoms with van der Waals surface area (Å²) in [6.07, 6.45) is 2.84. The number of carbonyl (C=O) groups excluding carboxylic acids is 2. The topological polar surface area (TPSA) is 52.6 Å². The Morgan fingerprint density at radius 1 is 1.24 bits per heavy atom. The van der Waals surface area contributed by atoms with Crippen LogP contribution in [0.2, 0.25) is 0 Å². The molecule has 0 aliphatic heterocycles. The van der Waals surface area contributed by atoms with Crippen LogP contribution in [0.5, 0.6) is 0 Å². The zero-order valence-electron chi connectivity index (χ0n) is 11.5. The van der Waals surface area contributed by atoms with Crippen molar-refractivity contribution in [3.8, 4) is 0 Å². The van der Waals surface area contributed by atoms with Crippen molar-refractivity contribution in [3.05, 3.63) is 0 Å². The molecular weight excluding hydrogens is 220 g/mol. The summed E-state index contributed by atoms with van der Waals surface area (Å²) < 4.78 is 9.95. The van der Waals surface area contributed by atoms with E-state index in [1.165, 1.54) is 14.2 Å². The van der Waals surface area contributed by atoms with Gasteiger partial charge in [-0.15, -0.1) is 0 Å². The summed E-state index contributed by atoms with van der Waals surface area (Å²) in [5, 5.41) is 0. The Bertz CT molecular complexity index is 256. The van der Waals surface area contributed by atoms with Crippen molar-refractivity contribution in [1.82, 2.24) is 0 Å². The van der Waals surface area contributed by atoms with Crippen molar-refractivity contribution < 1.29 is 19.1 Å². The van der Waals surface area contributed by atoms with Crippen molar-refractivity contribution in [2.24, 2.45) is 5.92 Å². The van der Waals surface area contributed by atoms with Crippen LogP contribution in [0, 0.1) is 5.92 Å². The van der Waals surface area contributed by atoms with Crippen LogP contribution in [0.15, 0.2) is 0 Å². The fourth-order valence-corrected chi connectivity index (χ4v) is 1.69. The number of rotatable bonds is 8. The standard InChI is InChI=1S/C13H24O4/c1-6-8-9-10(12(15)16-4)11(14)13(3,7-2)17-5/h10H,6-9H2,1-5H3. The van der Waals surface area contributed by atoms with Crippen molar-refractivity contribution in [3.63, 3.8) is 0 Å². The maximum atomic E-state index is 12.3. The van der Waals surface area contributed by atoms with Crippen molar-refractivity contribution in [2.75, 3.05) is 14.2 Å². The first-order valence-electron chi connectivity index (χ1n) is 6.14. The quantitative estimate of drug-likeness (QED) is 0.486. The van der Waals surface area contributed by atoms with Gasteiger partial charge in [0.05, 0.1) is 7.11 Å². The van der Waals surface area contributed by atoms with Gasteiger partial charge in [0, 0.05) is 7.11 Å². The van der Waals surface area contributed by atoms with E-state index in [1.54, 1.807) is 6.92 Å². The Morgan fingerprint density at radius 3 is 2.18 bits per heavy atom. The van der Waals surface area contributed by atoms with Gasteiger partial charge >= 0.3 is 5.97 Å². The molecule has 0 radical (unpaired) electrons. The fraction of sp³-hybridized carbons (Fsp3) is 0.846. The average molecular weight is 244 g/mol. The monoisotopic (exact) mass is 244 g/mol. The van der Waals surface area contributed by atoms with Crippen LogP contribution in [0.3, 0.4) is 0 Å². The molecule has 0 aliphatic rings. The second-order valence-electron chi connectivity index (χ2n) is 4.37. The number of ketones is 1. The Hall–Kier alpha value is -0.900. The summed E-state index contributed by atoms with van der Waals surface area (Å²) in [7, 11) is 2.81. The average Bonchev–Trinajstić information content (AvgIpc) is 2.37. The SMILES string of the molecule is CCCCC(C(=O)OC)C(=O)C(C)(CC)OC. The van der Waals surface area contributed by atoms with Gasteiger partial charge in [0.25, 0.3) is 0 Å². The minimum absolute atomic E-state index is 0.178. The zero-order chi connectivity index (χ0) is 13.5. The summed E-state index contributed by atoms with van der Waals surface area (Å²) in [6, 6.07) is 0. The third-order valence-corrected chi connectivity index (χ3v) is 3.29. The summed E-state index contributed by atoms with van der Waals surface area (Å²) in [6.45, 7) is 5.61. The van der Waals surface area contributed by atoms with Crippen LogP contribution < -0.4 is 0 Å². The molecule has 0 heterocycles. The van der Waals surface area contributed by atoms with Gasteiger partial charge in [0.15, 0.2) is 5.78 Å². The largest absolute Gasteiger partial charge is 0.468 e. The maximum absolute atomic E-state index is 12.3. The second kappa shape index (κ2) is 7.43. The molecule has 2 atom stereocenters. The predicted molar refractivity (Wildman–Crippen MR) is 65.7 cm³/mol. The maximum Gasteiger partial charge on any atom is 0.316 e. The third-order valence-electron chi connectivity index (χ3n) is 3.29. The van der Waals surface area contributed by atoms with Crippen LogP contribution in [-0.4, -0.2) is 31.6 Å². The normalized spacial score (nSPS) is 16.1. The second-order valence-corrected chi connectivity index (χ2v) is 4.37. The van der Waals surface area contributed by atoms with E-state index in [1.807, 2.05) is 13.8 Å². The Kier molecular flexibility index (Phi) is 7.04. The van der Waals surface area contributed by atoms with Gasteiger partial charge in [0.1, 0.15) is 11.5 Å². The van der Waals surface area contributed by atoms with Crippen LogP contribution in [0.25, 0.3) is 0 Å². The summed E-state index contributed by atoms with van der Waals surface area (Å²) in [5.74, 6) is -1.34. The molecule has 0 spiro atoms. The number of carbonyl (C=O) groups is 2. The van der Waals surface area contributed by atoms with Crippen molar-refractivity contribution in [1.29, 1.82) is 0 Å². The van der Waals surface area contributed by atoms with E-state index in [9.17, 15) is 9.59 Å². The Balaban J connectivity index is 4.90. The molecule has 2 unspecified atom stereocenters. The Labute approximate surface area is 104 Å². The molecule has 0 aliphatic carbocycles. The van der Waals surface area contributed by atoms with Crippen LogP contribution >= 0.6 is 0 Å². The summed E-state index contributed by atoms with van der Waals surface area (Å²) in [5.41, 5.74) is -0.896. The van der Waals surface area contributed by atoms with E-state index in [0.717, 1.165) is 12.8 Å². The predicted octanol–water partition coefficient (Wildman–Crippen LogP) is 2.35. The molecule has 0 aromatic carbocycles. The third kappa shape index (κ3) is 4.11. The highest BCUT2D eigenvalue weighted by Gasteiger charge is 2.40. The molecule has 17 heavy (non-hydrogen) atoms. The first-order valence-corrected chi connectivity index (χ1v) is 6.14. The molecule has 0 saturated heterocycles. The number of esters is 1. The molecule has 0 aromatic rings. The minimum Gasteiger partial charge on any atom is -0.468 e. The number of methoxy groups -OCH3 is 2. The van der Waals surface area contributed by atoms with Gasteiger partial charge in [-0.25, -0.2) is 0 Å². The molecule has 4 heteroatoms. The highest BCUT2D eigenvalue weighted by molar-refractivity contribution is 6.03. The highest BCUT2D eigenvalue weighted by Crippen LogP contribution is 2.24. The van der Waals surface area contributed by atoms with Gasteiger partial charge in [-0.3, -0.25) is 9.59 Å². The zero-order valence-corrected chi connectivity index (χ0v) is 11.5. The fourth-order valence-electron chi connectivity index (χ4n) is 1.69. The van der Waals surface area contributed by atoms with Gasteiger partial charge in [-0.2, -0.15) is 0 Å². The molecule has 100 valence electrons. The Morgan fingerprint density at radius 2 is 1.82 bits per heavy atom. The van der Waals surface area contributed by atoms with Crippen molar-refractivity contribution >= 4 is 11.8 Å². The number of unbranched alkanes of at least 4 members (excludes halogenated alkanes) is 1. The van der Waals surface area contributed by atoms with E-state index in [0.29, 0.717) is 12.8 Å². The number of hydrogen-bond donors (Lipinski definition) is 0. The van der Waals surface area contributed by atoms with Crippen LogP contribution in [0.1, 0.15) is 46.5 Å². The van der Waals surface area contributed by atoms with Crippen molar-refractivity contribution in [2.45, 2.75) is 52.1 Å². The van der Waals surface area contributed by atoms with Crippen LogP contribution in [-0.2, 0) is 19.1 Å². The summed E-state index contributed by atoms with van der Waals surface area (Å²) in [4.78, 5) is 23.9. The van der Waals surface area contributed by atoms with Crippen LogP contribution in [0.4, 0.5) is 0 Å². The molecule has 0 saturated carbocycles. The lowest BCUT2D eigenvalue weighted by atomic mass is 9.85. The highest BCUT2D eigenvalue weighted by atomic mass is 16.5. The van der Waals surface area contributed by atoms with Gasteiger partial charge in [-0.05, 0) is 19.8 Å². The van der Waals surface area contributed by atoms with E-state index < -0.39 is 17.5 Å². The molecular formula is C13H24O4. The summed E-state index contributed by atoms with van der Waals surface area (Å²) >= 11 is 0. The molecule has 0 aromatic heterocycles. The first-order chi connectivity index (χ1) is 7.96. The minimum atomic E-state index is -0.896. The first kappa shape index (κ1) is 16.1. The number of hydrogen-bond acceptors (Lipinski definition) is 4. The van der Waals surface area contributed by atoms with E-state index in [-0.39, 0.29) is 5.78 Å². The molecule has 0 amide bonds. The van der Waals surface area contributed by atoms with Gasteiger partial charge < -0.3 is 9.47 Å². The van der Waals surface area contributed by atoms with E-state index in [2.05, 4.69) is 0 Å². The molecule has 0 rings (SSSR count). The lowest BCUT2D eigenvalue weighted by Gasteiger charge is -2.28. The molecule has 0 N–H and O–H groups in total. The molecule has 4 nitrogen and oxygen atoms in total. The van der Waals surface area contributed by atoms with Gasteiger partial charge in [-0.1, -0.05) is 26.7 Å². The molecule has 0 bridgehead atoms. The van der Waals surface area contributed by atoms with E-state index in [4.69, 9.17) is 9.47 Å².